The van der Waals surface area contributed by atoms with Crippen molar-refractivity contribution in [1.82, 2.24) is 10.2 Å². The fraction of sp³-hybridized carbons (Fsp3) is 0.474. The molecule has 0 saturated carbocycles. The summed E-state index contributed by atoms with van der Waals surface area (Å²) in [6, 6.07) is 5.79. The minimum atomic E-state index is -5.08. The van der Waals surface area contributed by atoms with Crippen molar-refractivity contribution >= 4 is 23.2 Å². The van der Waals surface area contributed by atoms with Crippen LogP contribution in [0.15, 0.2) is 39.6 Å². The number of alkyl halides is 3. The van der Waals surface area contributed by atoms with Gasteiger partial charge in [-0.3, -0.25) is 9.69 Å². The van der Waals surface area contributed by atoms with Gasteiger partial charge in [0.25, 0.3) is 5.91 Å². The molecule has 164 valence electrons. The fourth-order valence-electron chi connectivity index (χ4n) is 3.69. The molecule has 0 unspecified atom stereocenters. The summed E-state index contributed by atoms with van der Waals surface area (Å²) in [5, 5.41) is 14.0. The highest BCUT2D eigenvalue weighted by atomic mass is 32.1. The lowest BCUT2D eigenvalue weighted by molar-refractivity contribution is -0.192. The number of carbonyl (C=O) groups is 2. The number of halogens is 3. The molecule has 0 aromatic carbocycles. The Morgan fingerprint density at radius 1 is 1.37 bits per heavy atom. The molecule has 2 aromatic heterocycles. The molecule has 2 fully saturated rings. The highest BCUT2D eigenvalue weighted by Crippen LogP contribution is 2.41. The minimum absolute atomic E-state index is 0.00996. The van der Waals surface area contributed by atoms with Crippen molar-refractivity contribution in [2.75, 3.05) is 32.8 Å². The van der Waals surface area contributed by atoms with Crippen molar-refractivity contribution in [1.29, 1.82) is 0 Å². The predicted molar refractivity (Wildman–Crippen MR) is 101 cm³/mol. The molecule has 0 radical (unpaired) electrons. The van der Waals surface area contributed by atoms with Crippen molar-refractivity contribution in [3.8, 4) is 0 Å². The number of nitrogens with one attached hydrogen (secondary N) is 1. The number of carboxylic acid groups (broad SMARTS) is 1. The molecule has 2 atom stereocenters. The number of furan rings is 1. The molecule has 2 saturated heterocycles. The zero-order chi connectivity index (χ0) is 21.8. The molecule has 4 rings (SSSR count). The van der Waals surface area contributed by atoms with E-state index < -0.39 is 12.1 Å². The summed E-state index contributed by atoms with van der Waals surface area (Å²) in [6.45, 7) is 4.92. The van der Waals surface area contributed by atoms with Crippen molar-refractivity contribution in [2.45, 2.75) is 12.7 Å². The van der Waals surface area contributed by atoms with Gasteiger partial charge in [-0.1, -0.05) is 0 Å². The summed E-state index contributed by atoms with van der Waals surface area (Å²) >= 11 is 1.54. The van der Waals surface area contributed by atoms with Crippen LogP contribution >= 0.6 is 11.3 Å². The SMILES string of the molecule is O=C(NC[C@]12COC[C@H]1CN(Cc1ccco1)C2)c1ccsc1.O=C(O)C(F)(F)F. The molecule has 2 aliphatic heterocycles. The summed E-state index contributed by atoms with van der Waals surface area (Å²) < 4.78 is 42.9. The highest BCUT2D eigenvalue weighted by Gasteiger charge is 2.50. The van der Waals surface area contributed by atoms with Gasteiger partial charge in [0.05, 0.1) is 26.0 Å². The molecule has 30 heavy (non-hydrogen) atoms. The lowest BCUT2D eigenvalue weighted by atomic mass is 9.81. The van der Waals surface area contributed by atoms with E-state index in [2.05, 4.69) is 10.2 Å². The van der Waals surface area contributed by atoms with Crippen LogP contribution in [-0.4, -0.2) is 60.9 Å². The van der Waals surface area contributed by atoms with Crippen LogP contribution in [0.25, 0.3) is 0 Å². The van der Waals surface area contributed by atoms with E-state index in [1.165, 1.54) is 0 Å². The number of hydrogen-bond donors (Lipinski definition) is 2. The van der Waals surface area contributed by atoms with Gasteiger partial charge < -0.3 is 19.6 Å². The van der Waals surface area contributed by atoms with Crippen molar-refractivity contribution in [3.05, 3.63) is 46.5 Å². The van der Waals surface area contributed by atoms with Crippen molar-refractivity contribution < 1.29 is 37.0 Å². The Labute approximate surface area is 174 Å². The van der Waals surface area contributed by atoms with Gasteiger partial charge in [0.15, 0.2) is 0 Å². The first kappa shape index (κ1) is 22.3. The number of carbonyl (C=O) groups excluding carboxylic acids is 1. The van der Waals surface area contributed by atoms with Crippen LogP contribution in [0.3, 0.4) is 0 Å². The Hall–Kier alpha value is -2.37. The van der Waals surface area contributed by atoms with E-state index in [4.69, 9.17) is 19.1 Å². The molecule has 0 aliphatic carbocycles. The number of ether oxygens (including phenoxy) is 1. The molecule has 2 aromatic rings. The number of hydrogen-bond acceptors (Lipinski definition) is 6. The van der Waals surface area contributed by atoms with Gasteiger partial charge in [0, 0.05) is 41.9 Å². The van der Waals surface area contributed by atoms with E-state index in [0.29, 0.717) is 12.5 Å². The maximum Gasteiger partial charge on any atom is 0.490 e. The van der Waals surface area contributed by atoms with Crippen molar-refractivity contribution in [2.24, 2.45) is 11.3 Å². The Morgan fingerprint density at radius 2 is 2.13 bits per heavy atom. The zero-order valence-electron chi connectivity index (χ0n) is 15.9. The Kier molecular flexibility index (Phi) is 6.84. The third-order valence-electron chi connectivity index (χ3n) is 5.18. The maximum absolute atomic E-state index is 12.2. The number of likely N-dealkylation sites (tertiary alicyclic amines) is 1. The van der Waals surface area contributed by atoms with Crippen LogP contribution in [-0.2, 0) is 16.1 Å². The Balaban J connectivity index is 0.000000318. The maximum atomic E-state index is 12.2. The van der Waals surface area contributed by atoms with Crippen LogP contribution in [0.4, 0.5) is 13.2 Å². The average molecular weight is 446 g/mol. The summed E-state index contributed by atoms with van der Waals surface area (Å²) in [5.41, 5.74) is 0.769. The summed E-state index contributed by atoms with van der Waals surface area (Å²) in [5.74, 6) is -1.29. The number of aliphatic carboxylic acids is 1. The molecule has 0 spiro atoms. The van der Waals surface area contributed by atoms with E-state index >= 15 is 0 Å². The molecular formula is C19H21F3N2O5S. The third kappa shape index (κ3) is 5.41. The van der Waals surface area contributed by atoms with Gasteiger partial charge in [0.1, 0.15) is 5.76 Å². The lowest BCUT2D eigenvalue weighted by Gasteiger charge is -2.27. The molecule has 4 heterocycles. The first-order valence-corrected chi connectivity index (χ1v) is 10.1. The normalized spacial score (nSPS) is 23.5. The summed E-state index contributed by atoms with van der Waals surface area (Å²) in [4.78, 5) is 23.5. The molecule has 1 amide bonds. The van der Waals surface area contributed by atoms with Crippen LogP contribution in [0.2, 0.25) is 0 Å². The predicted octanol–water partition coefficient (Wildman–Crippen LogP) is 2.85. The van der Waals surface area contributed by atoms with Gasteiger partial charge in [-0.25, -0.2) is 4.79 Å². The number of amides is 1. The number of rotatable bonds is 5. The van der Waals surface area contributed by atoms with Crippen LogP contribution in [0, 0.1) is 11.3 Å². The van der Waals surface area contributed by atoms with E-state index in [-0.39, 0.29) is 11.3 Å². The molecule has 11 heteroatoms. The quantitative estimate of drug-likeness (QED) is 0.734. The topological polar surface area (TPSA) is 92.0 Å². The fourth-order valence-corrected chi connectivity index (χ4v) is 4.32. The number of carboxylic acids is 1. The van der Waals surface area contributed by atoms with Gasteiger partial charge in [0.2, 0.25) is 0 Å². The Bertz CT molecular complexity index is 841. The van der Waals surface area contributed by atoms with Crippen molar-refractivity contribution in [3.63, 3.8) is 0 Å². The number of fused-ring (bicyclic) bond motifs is 1. The first-order chi connectivity index (χ1) is 14.2. The third-order valence-corrected chi connectivity index (χ3v) is 5.86. The van der Waals surface area contributed by atoms with Crippen LogP contribution in [0.1, 0.15) is 16.1 Å². The monoisotopic (exact) mass is 446 g/mol. The second kappa shape index (κ2) is 9.19. The Morgan fingerprint density at radius 3 is 2.73 bits per heavy atom. The van der Waals surface area contributed by atoms with Gasteiger partial charge in [-0.15, -0.1) is 0 Å². The summed E-state index contributed by atoms with van der Waals surface area (Å²) in [7, 11) is 0. The smallest absolute Gasteiger partial charge is 0.475 e. The van der Waals surface area contributed by atoms with Gasteiger partial charge in [-0.2, -0.15) is 24.5 Å². The average Bonchev–Trinajstić information content (AvgIpc) is 3.44. The second-order valence-corrected chi connectivity index (χ2v) is 8.10. The zero-order valence-corrected chi connectivity index (χ0v) is 16.7. The molecule has 2 N–H and O–H groups in total. The minimum Gasteiger partial charge on any atom is -0.475 e. The molecule has 2 aliphatic rings. The molecular weight excluding hydrogens is 425 g/mol. The number of nitrogens with zero attached hydrogens (tertiary/aromatic N) is 1. The van der Waals surface area contributed by atoms with E-state index in [1.807, 2.05) is 29.0 Å². The standard InChI is InChI=1S/C17H20N2O3S.C2HF3O2/c20-16(13-3-5-23-9-13)18-10-17-11-19(6-14(17)8-21-12-17)7-15-2-1-4-22-15;3-2(4,5)1(6)7/h1-5,9,14H,6-8,10-12H2,(H,18,20);(H,6,7)/t14-,17+;/m1./s1. The second-order valence-electron chi connectivity index (χ2n) is 7.32. The first-order valence-electron chi connectivity index (χ1n) is 9.13. The van der Waals surface area contributed by atoms with E-state index in [1.54, 1.807) is 17.6 Å². The van der Waals surface area contributed by atoms with Gasteiger partial charge >= 0.3 is 12.1 Å². The molecule has 0 bridgehead atoms. The largest absolute Gasteiger partial charge is 0.490 e. The number of thiophene rings is 1. The van der Waals surface area contributed by atoms with Crippen LogP contribution in [0.5, 0.6) is 0 Å². The molecule has 7 nitrogen and oxygen atoms in total. The van der Waals surface area contributed by atoms with Crippen LogP contribution < -0.4 is 5.32 Å². The summed E-state index contributed by atoms with van der Waals surface area (Å²) in [6.07, 6.45) is -3.37. The van der Waals surface area contributed by atoms with E-state index in [0.717, 1.165) is 44.2 Å². The van der Waals surface area contributed by atoms with E-state index in [9.17, 15) is 18.0 Å². The highest BCUT2D eigenvalue weighted by molar-refractivity contribution is 7.08. The van der Waals surface area contributed by atoms with Gasteiger partial charge in [-0.05, 0) is 23.6 Å². The lowest BCUT2D eigenvalue weighted by Crippen LogP contribution is -2.43.